The molecule has 0 aliphatic carbocycles. The van der Waals surface area contributed by atoms with Crippen molar-refractivity contribution >= 4 is 11.4 Å². The Balaban J connectivity index is 3.46. The van der Waals surface area contributed by atoms with E-state index in [0.29, 0.717) is 0 Å². The summed E-state index contributed by atoms with van der Waals surface area (Å²) in [5.74, 6) is 0. The molecule has 0 aliphatic rings. The number of nitrogens with two attached hydrogens (primary N) is 1. The highest BCUT2D eigenvalue weighted by Crippen LogP contribution is 2.24. The highest BCUT2D eigenvalue weighted by molar-refractivity contribution is 5.63. The Labute approximate surface area is 67.2 Å². The van der Waals surface area contributed by atoms with Crippen molar-refractivity contribution in [2.75, 3.05) is 5.73 Å². The van der Waals surface area contributed by atoms with Gasteiger partial charge in [0.1, 0.15) is 5.69 Å². The second kappa shape index (κ2) is 2.55. The summed E-state index contributed by atoms with van der Waals surface area (Å²) in [5.41, 5.74) is 15.2. The molecule has 0 heterocycles. The molecule has 0 saturated carbocycles. The van der Waals surface area contributed by atoms with Crippen LogP contribution in [0.2, 0.25) is 0 Å². The second-order valence-electron chi connectivity index (χ2n) is 3.03. The molecule has 0 aliphatic heterocycles. The Hall–Kier alpha value is -1.02. The van der Waals surface area contributed by atoms with Crippen molar-refractivity contribution in [1.82, 2.24) is 0 Å². The Morgan fingerprint density at radius 3 is 2.27 bits per heavy atom. The summed E-state index contributed by atoms with van der Waals surface area (Å²) in [4.78, 5) is 0. The quantitative estimate of drug-likeness (QED) is 0.535. The molecule has 60 valence electrons. The molecule has 5 N–H and O–H groups in total. The van der Waals surface area contributed by atoms with Crippen molar-refractivity contribution in [2.45, 2.75) is 20.8 Å². The molecule has 0 bridgehead atoms. The molecule has 0 amide bonds. The summed E-state index contributed by atoms with van der Waals surface area (Å²) in [5, 5.41) is 0. The van der Waals surface area contributed by atoms with E-state index in [1.165, 1.54) is 5.56 Å². The van der Waals surface area contributed by atoms with E-state index in [4.69, 9.17) is 5.73 Å². The molecule has 0 atom stereocenters. The van der Waals surface area contributed by atoms with E-state index in [9.17, 15) is 0 Å². The van der Waals surface area contributed by atoms with E-state index in [2.05, 4.69) is 18.7 Å². The maximum absolute atomic E-state index is 5.81. The van der Waals surface area contributed by atoms with Gasteiger partial charge in [-0.3, -0.25) is 0 Å². The molecule has 2 heteroatoms. The standard InChI is InChI=1S/C9H14N2/c1-5-4-6(2)9(11)7(3)8(5)10/h4H,10-11H2,1-3H3/p+1. The zero-order valence-corrected chi connectivity index (χ0v) is 7.36. The van der Waals surface area contributed by atoms with E-state index in [1.54, 1.807) is 0 Å². The van der Waals surface area contributed by atoms with Gasteiger partial charge in [-0.1, -0.05) is 0 Å². The van der Waals surface area contributed by atoms with Gasteiger partial charge < -0.3 is 11.5 Å². The van der Waals surface area contributed by atoms with Crippen LogP contribution >= 0.6 is 0 Å². The Kier molecular flexibility index (Phi) is 1.87. The van der Waals surface area contributed by atoms with Crippen molar-refractivity contribution in [3.63, 3.8) is 0 Å². The summed E-state index contributed by atoms with van der Waals surface area (Å²) >= 11 is 0. The Morgan fingerprint density at radius 2 is 1.73 bits per heavy atom. The molecule has 0 aromatic heterocycles. The zero-order valence-electron chi connectivity index (χ0n) is 7.36. The van der Waals surface area contributed by atoms with Crippen LogP contribution in [-0.4, -0.2) is 0 Å². The summed E-state index contributed by atoms with van der Waals surface area (Å²) in [6, 6.07) is 2.07. The molecule has 1 aromatic carbocycles. The van der Waals surface area contributed by atoms with Crippen LogP contribution in [0.1, 0.15) is 16.7 Å². The molecule has 1 rings (SSSR count). The number of aryl methyl sites for hydroxylation is 2. The number of benzene rings is 1. The average molecular weight is 151 g/mol. The van der Waals surface area contributed by atoms with Gasteiger partial charge in [-0.25, -0.2) is 0 Å². The van der Waals surface area contributed by atoms with Crippen molar-refractivity contribution < 1.29 is 5.73 Å². The number of quaternary nitrogens is 1. The van der Waals surface area contributed by atoms with Crippen LogP contribution in [-0.2, 0) is 0 Å². The molecular formula is C9H15N2+. The van der Waals surface area contributed by atoms with Crippen LogP contribution in [0.3, 0.4) is 0 Å². The van der Waals surface area contributed by atoms with Crippen LogP contribution in [0.25, 0.3) is 0 Å². The topological polar surface area (TPSA) is 53.7 Å². The van der Waals surface area contributed by atoms with Gasteiger partial charge in [-0.2, -0.15) is 0 Å². The van der Waals surface area contributed by atoms with Gasteiger partial charge in [0, 0.05) is 16.8 Å². The number of hydrogen-bond acceptors (Lipinski definition) is 1. The van der Waals surface area contributed by atoms with Gasteiger partial charge in [0.15, 0.2) is 0 Å². The predicted molar refractivity (Wildman–Crippen MR) is 47.6 cm³/mol. The molecule has 11 heavy (non-hydrogen) atoms. The minimum atomic E-state index is 0.876. The predicted octanol–water partition coefficient (Wildman–Crippen LogP) is 1.07. The van der Waals surface area contributed by atoms with Gasteiger partial charge in [0.05, 0.1) is 0 Å². The lowest BCUT2D eigenvalue weighted by Gasteiger charge is -2.07. The monoisotopic (exact) mass is 151 g/mol. The third-order valence-corrected chi connectivity index (χ3v) is 2.19. The Bertz CT molecular complexity index is 264. The number of rotatable bonds is 0. The van der Waals surface area contributed by atoms with Gasteiger partial charge in [-0.05, 0) is 32.4 Å². The van der Waals surface area contributed by atoms with Gasteiger partial charge in [0.2, 0.25) is 0 Å². The van der Waals surface area contributed by atoms with Crippen LogP contribution in [0, 0.1) is 20.8 Å². The highest BCUT2D eigenvalue weighted by Gasteiger charge is 2.07. The fourth-order valence-corrected chi connectivity index (χ4v) is 1.24. The smallest absolute Gasteiger partial charge is 0.135 e. The van der Waals surface area contributed by atoms with E-state index in [1.807, 2.05) is 13.8 Å². The van der Waals surface area contributed by atoms with Gasteiger partial charge in [-0.15, -0.1) is 0 Å². The SMILES string of the molecule is Cc1cc(C)c([NH3+])c(C)c1N. The van der Waals surface area contributed by atoms with Crippen molar-refractivity contribution in [1.29, 1.82) is 0 Å². The van der Waals surface area contributed by atoms with Crippen molar-refractivity contribution in [2.24, 2.45) is 0 Å². The molecule has 0 spiro atoms. The van der Waals surface area contributed by atoms with E-state index >= 15 is 0 Å². The maximum Gasteiger partial charge on any atom is 0.135 e. The van der Waals surface area contributed by atoms with Crippen LogP contribution < -0.4 is 11.5 Å². The summed E-state index contributed by atoms with van der Waals surface area (Å²) in [6.07, 6.45) is 0. The first-order valence-electron chi connectivity index (χ1n) is 3.72. The third kappa shape index (κ3) is 1.21. The highest BCUT2D eigenvalue weighted by atomic mass is 14.6. The van der Waals surface area contributed by atoms with Crippen molar-refractivity contribution in [3.8, 4) is 0 Å². The van der Waals surface area contributed by atoms with Crippen LogP contribution in [0.5, 0.6) is 0 Å². The normalized spacial score (nSPS) is 10.2. The van der Waals surface area contributed by atoms with Crippen LogP contribution in [0.4, 0.5) is 11.4 Å². The fourth-order valence-electron chi connectivity index (χ4n) is 1.24. The molecule has 0 fully saturated rings. The molecular weight excluding hydrogens is 136 g/mol. The maximum atomic E-state index is 5.81. The van der Waals surface area contributed by atoms with Gasteiger partial charge >= 0.3 is 0 Å². The molecule has 2 nitrogen and oxygen atoms in total. The summed E-state index contributed by atoms with van der Waals surface area (Å²) < 4.78 is 0. The number of anilines is 1. The van der Waals surface area contributed by atoms with Crippen molar-refractivity contribution in [3.05, 3.63) is 22.8 Å². The lowest BCUT2D eigenvalue weighted by molar-refractivity contribution is -0.256. The molecule has 0 unspecified atom stereocenters. The van der Waals surface area contributed by atoms with Crippen LogP contribution in [0.15, 0.2) is 6.07 Å². The first-order valence-corrected chi connectivity index (χ1v) is 3.72. The second-order valence-corrected chi connectivity index (χ2v) is 3.03. The Morgan fingerprint density at radius 1 is 1.18 bits per heavy atom. The molecule has 1 aromatic rings. The molecule has 0 radical (unpaired) electrons. The zero-order chi connectivity index (χ0) is 8.59. The minimum Gasteiger partial charge on any atom is -0.398 e. The summed E-state index contributed by atoms with van der Waals surface area (Å²) in [6.45, 7) is 6.09. The number of hydrogen-bond donors (Lipinski definition) is 2. The first kappa shape index (κ1) is 8.08. The van der Waals surface area contributed by atoms with E-state index in [-0.39, 0.29) is 0 Å². The number of nitrogen functional groups attached to an aromatic ring is 1. The summed E-state index contributed by atoms with van der Waals surface area (Å²) in [7, 11) is 0. The van der Waals surface area contributed by atoms with E-state index < -0.39 is 0 Å². The largest absolute Gasteiger partial charge is 0.398 e. The first-order chi connectivity index (χ1) is 5.04. The fraction of sp³-hybridized carbons (Fsp3) is 0.333. The third-order valence-electron chi connectivity index (χ3n) is 2.19. The lowest BCUT2D eigenvalue weighted by atomic mass is 10.0. The minimum absolute atomic E-state index is 0.876. The molecule has 0 saturated heterocycles. The average Bonchev–Trinajstić information content (AvgIpc) is 1.97. The van der Waals surface area contributed by atoms with E-state index in [0.717, 1.165) is 22.5 Å². The van der Waals surface area contributed by atoms with Gasteiger partial charge in [0.25, 0.3) is 0 Å². The lowest BCUT2D eigenvalue weighted by Crippen LogP contribution is -2.42.